The summed E-state index contributed by atoms with van der Waals surface area (Å²) in [6.07, 6.45) is 3.05. The van der Waals surface area contributed by atoms with E-state index in [0.29, 0.717) is 32.9 Å². The molecule has 0 atom stereocenters. The van der Waals surface area contributed by atoms with Gasteiger partial charge in [0.05, 0.1) is 10.2 Å². The lowest BCUT2D eigenvalue weighted by molar-refractivity contribution is -0.122. The van der Waals surface area contributed by atoms with Gasteiger partial charge in [-0.25, -0.2) is 4.79 Å². The number of nitrogens with zero attached hydrogens (tertiary/aromatic N) is 1. The van der Waals surface area contributed by atoms with Crippen molar-refractivity contribution < 1.29 is 23.9 Å². The summed E-state index contributed by atoms with van der Waals surface area (Å²) in [6, 6.07) is 12.1. The van der Waals surface area contributed by atoms with Crippen molar-refractivity contribution in [2.75, 3.05) is 25.1 Å². The van der Waals surface area contributed by atoms with Gasteiger partial charge in [0.1, 0.15) is 5.70 Å². The number of rotatable bonds is 9. The van der Waals surface area contributed by atoms with Gasteiger partial charge >= 0.3 is 6.03 Å². The number of hydrogen-bond acceptors (Lipinski definition) is 5. The third-order valence-electron chi connectivity index (χ3n) is 4.32. The monoisotopic (exact) mass is 547 g/mol. The molecule has 0 aromatic heterocycles. The number of nitrogens with one attached hydrogen (secondary N) is 2. The Hall–Kier alpha value is -3.34. The van der Waals surface area contributed by atoms with E-state index >= 15 is 0 Å². The Morgan fingerprint density at radius 3 is 2.66 bits per heavy atom. The lowest BCUT2D eigenvalue weighted by Crippen LogP contribution is -2.30. The predicted molar refractivity (Wildman–Crippen MR) is 129 cm³/mol. The van der Waals surface area contributed by atoms with Gasteiger partial charge in [-0.3, -0.25) is 14.5 Å². The number of amides is 4. The highest BCUT2D eigenvalue weighted by Gasteiger charge is 2.32. The third kappa shape index (κ3) is 5.67. The number of ether oxygens (including phenoxy) is 2. The highest BCUT2D eigenvalue weighted by Crippen LogP contribution is 2.35. The quantitative estimate of drug-likeness (QED) is 0.216. The summed E-state index contributed by atoms with van der Waals surface area (Å²) in [5, 5.41) is 5.32. The fraction of sp³-hybridized carbons (Fsp3) is 0.174. The van der Waals surface area contributed by atoms with Crippen molar-refractivity contribution >= 4 is 52.2 Å². The number of carbonyl (C=O) groups excluding carboxylic acids is 3. The molecule has 8 nitrogen and oxygen atoms in total. The number of halogens is 1. The number of benzene rings is 2. The van der Waals surface area contributed by atoms with Crippen LogP contribution in [-0.4, -0.2) is 42.5 Å². The zero-order valence-electron chi connectivity index (χ0n) is 17.4. The summed E-state index contributed by atoms with van der Waals surface area (Å²) in [5.74, 6) is 0.120. The Morgan fingerprint density at radius 1 is 1.22 bits per heavy atom. The third-order valence-corrected chi connectivity index (χ3v) is 5.12. The largest absolute Gasteiger partial charge is 0.490 e. The van der Waals surface area contributed by atoms with Gasteiger partial charge in [-0.1, -0.05) is 24.3 Å². The molecule has 1 aliphatic rings. The lowest BCUT2D eigenvalue weighted by Gasteiger charge is -2.15. The highest BCUT2D eigenvalue weighted by atomic mass is 127. The number of imide groups is 1. The van der Waals surface area contributed by atoms with Crippen LogP contribution in [0.15, 0.2) is 60.8 Å². The second-order valence-electron chi connectivity index (χ2n) is 6.66. The van der Waals surface area contributed by atoms with Crippen molar-refractivity contribution in [3.05, 3.63) is 70.0 Å². The van der Waals surface area contributed by atoms with E-state index in [2.05, 4.69) is 39.8 Å². The summed E-state index contributed by atoms with van der Waals surface area (Å²) in [7, 11) is 0. The van der Waals surface area contributed by atoms with Crippen LogP contribution >= 0.6 is 22.6 Å². The zero-order chi connectivity index (χ0) is 23.1. The van der Waals surface area contributed by atoms with Gasteiger partial charge in [-0.2, -0.15) is 0 Å². The van der Waals surface area contributed by atoms with E-state index in [-0.39, 0.29) is 24.8 Å². The van der Waals surface area contributed by atoms with Gasteiger partial charge < -0.3 is 20.1 Å². The summed E-state index contributed by atoms with van der Waals surface area (Å²) in [5.41, 5.74) is 1.48. The maximum Gasteiger partial charge on any atom is 0.329 e. The van der Waals surface area contributed by atoms with Crippen molar-refractivity contribution in [1.29, 1.82) is 0 Å². The summed E-state index contributed by atoms with van der Waals surface area (Å²) >= 11 is 2.07. The molecule has 2 aromatic rings. The fourth-order valence-corrected chi connectivity index (χ4v) is 3.74. The van der Waals surface area contributed by atoms with Crippen molar-refractivity contribution in [1.82, 2.24) is 10.2 Å². The molecule has 0 unspecified atom stereocenters. The molecule has 2 aromatic carbocycles. The molecule has 166 valence electrons. The van der Waals surface area contributed by atoms with Gasteiger partial charge in [0.2, 0.25) is 0 Å². The highest BCUT2D eigenvalue weighted by molar-refractivity contribution is 14.1. The number of hydrogen-bond donors (Lipinski definition) is 2. The van der Waals surface area contributed by atoms with Crippen LogP contribution in [0.1, 0.15) is 12.5 Å². The molecule has 4 amide bonds. The Labute approximate surface area is 199 Å². The first-order chi connectivity index (χ1) is 15.4. The smallest absolute Gasteiger partial charge is 0.329 e. The standard InChI is InChI=1S/C23H22IN3O5/c1-3-10-27-22(29)18(26-23(27)30)12-15-11-17(24)21(19(13-15)31-4-2)32-14-20(28)25-16-8-6-5-7-9-16/h3,5-9,11-13H,1,4,10,14H2,2H3,(H,25,28)(H,26,30)/b18-12+. The van der Waals surface area contributed by atoms with Crippen LogP contribution in [0.5, 0.6) is 11.5 Å². The van der Waals surface area contributed by atoms with Crippen LogP contribution in [0.3, 0.4) is 0 Å². The van der Waals surface area contributed by atoms with Gasteiger partial charge in [0.25, 0.3) is 11.8 Å². The molecule has 0 saturated carbocycles. The normalized spacial score (nSPS) is 14.3. The molecule has 32 heavy (non-hydrogen) atoms. The van der Waals surface area contributed by atoms with Crippen molar-refractivity contribution in [3.8, 4) is 11.5 Å². The van der Waals surface area contributed by atoms with E-state index < -0.39 is 11.9 Å². The number of anilines is 1. The second kappa shape index (κ2) is 10.8. The molecule has 9 heteroatoms. The van der Waals surface area contributed by atoms with Crippen LogP contribution in [0.2, 0.25) is 0 Å². The van der Waals surface area contributed by atoms with Gasteiger partial charge in [-0.05, 0) is 65.4 Å². The van der Waals surface area contributed by atoms with Crippen LogP contribution in [0, 0.1) is 3.57 Å². The van der Waals surface area contributed by atoms with E-state index in [9.17, 15) is 14.4 Å². The minimum atomic E-state index is -0.495. The van der Waals surface area contributed by atoms with Gasteiger partial charge in [0, 0.05) is 12.2 Å². The average molecular weight is 547 g/mol. The molecular weight excluding hydrogens is 525 g/mol. The van der Waals surface area contributed by atoms with Crippen LogP contribution in [-0.2, 0) is 9.59 Å². The second-order valence-corrected chi connectivity index (χ2v) is 7.82. The molecule has 1 fully saturated rings. The van der Waals surface area contributed by atoms with Gasteiger partial charge in [-0.15, -0.1) is 6.58 Å². The molecule has 0 bridgehead atoms. The molecule has 1 saturated heterocycles. The van der Waals surface area contributed by atoms with Gasteiger partial charge in [0.15, 0.2) is 18.1 Å². The SMILES string of the molecule is C=CCN1C(=O)N/C(=C/c2cc(I)c(OCC(=O)Nc3ccccc3)c(OCC)c2)C1=O. The molecule has 1 heterocycles. The van der Waals surface area contributed by atoms with E-state index in [0.717, 1.165) is 4.90 Å². The molecule has 0 radical (unpaired) electrons. The maximum absolute atomic E-state index is 12.4. The number of carbonyl (C=O) groups is 3. The molecule has 3 rings (SSSR count). The van der Waals surface area contributed by atoms with Crippen LogP contribution in [0.4, 0.5) is 10.5 Å². The molecular formula is C23H22IN3O5. The minimum Gasteiger partial charge on any atom is -0.490 e. The zero-order valence-corrected chi connectivity index (χ0v) is 19.5. The van der Waals surface area contributed by atoms with E-state index in [4.69, 9.17) is 9.47 Å². The Bertz CT molecular complexity index is 1070. The number of para-hydroxylation sites is 1. The van der Waals surface area contributed by atoms with E-state index in [1.165, 1.54) is 6.08 Å². The first kappa shape index (κ1) is 23.3. The predicted octanol–water partition coefficient (Wildman–Crippen LogP) is 3.79. The minimum absolute atomic E-state index is 0.127. The number of urea groups is 1. The maximum atomic E-state index is 12.4. The first-order valence-corrected chi connectivity index (χ1v) is 10.9. The Kier molecular flexibility index (Phi) is 7.87. The van der Waals surface area contributed by atoms with Crippen LogP contribution in [0.25, 0.3) is 6.08 Å². The Balaban J connectivity index is 1.77. The molecule has 1 aliphatic heterocycles. The Morgan fingerprint density at radius 2 is 1.97 bits per heavy atom. The van der Waals surface area contributed by atoms with E-state index in [1.807, 2.05) is 25.1 Å². The van der Waals surface area contributed by atoms with Crippen molar-refractivity contribution in [2.45, 2.75) is 6.92 Å². The van der Waals surface area contributed by atoms with Crippen molar-refractivity contribution in [3.63, 3.8) is 0 Å². The molecule has 0 spiro atoms. The van der Waals surface area contributed by atoms with Crippen LogP contribution < -0.4 is 20.1 Å². The average Bonchev–Trinajstić information content (AvgIpc) is 3.02. The first-order valence-electron chi connectivity index (χ1n) is 9.82. The topological polar surface area (TPSA) is 97.0 Å². The molecule has 0 aliphatic carbocycles. The summed E-state index contributed by atoms with van der Waals surface area (Å²) < 4.78 is 12.1. The lowest BCUT2D eigenvalue weighted by atomic mass is 10.1. The summed E-state index contributed by atoms with van der Waals surface area (Å²) in [4.78, 5) is 37.7. The van der Waals surface area contributed by atoms with Crippen molar-refractivity contribution in [2.24, 2.45) is 0 Å². The molecule has 2 N–H and O–H groups in total. The van der Waals surface area contributed by atoms with E-state index in [1.54, 1.807) is 30.3 Å². The summed E-state index contributed by atoms with van der Waals surface area (Å²) in [6.45, 7) is 5.70. The fourth-order valence-electron chi connectivity index (χ4n) is 2.96.